The second-order valence-corrected chi connectivity index (χ2v) is 7.07. The number of hydrogen-bond donors (Lipinski definition) is 1. The minimum Gasteiger partial charge on any atom is -0.487 e. The maximum absolute atomic E-state index is 5.94. The molecule has 1 aliphatic rings. The van der Waals surface area contributed by atoms with Crippen LogP contribution in [0.2, 0.25) is 0 Å². The lowest BCUT2D eigenvalue weighted by Gasteiger charge is -2.16. The monoisotopic (exact) mass is 322 g/mol. The molecule has 3 aromatic rings. The first kappa shape index (κ1) is 15.1. The molecule has 24 heavy (non-hydrogen) atoms. The first-order valence-electron chi connectivity index (χ1n) is 8.36. The van der Waals surface area contributed by atoms with Crippen molar-refractivity contribution in [3.63, 3.8) is 0 Å². The van der Waals surface area contributed by atoms with Crippen LogP contribution in [-0.4, -0.2) is 20.2 Å². The van der Waals surface area contributed by atoms with E-state index in [1.165, 1.54) is 11.1 Å². The van der Waals surface area contributed by atoms with Gasteiger partial charge in [0.1, 0.15) is 11.4 Å². The molecule has 0 radical (unpaired) electrons. The van der Waals surface area contributed by atoms with Crippen LogP contribution in [0, 0.1) is 0 Å². The van der Waals surface area contributed by atoms with E-state index in [4.69, 9.17) is 4.74 Å². The highest BCUT2D eigenvalue weighted by Gasteiger charge is 2.29. The van der Waals surface area contributed by atoms with E-state index in [1.807, 2.05) is 28.8 Å². The fourth-order valence-electron chi connectivity index (χ4n) is 3.29. The summed E-state index contributed by atoms with van der Waals surface area (Å²) in [6.07, 6.45) is 2.96. The van der Waals surface area contributed by atoms with Crippen LogP contribution in [0.3, 0.4) is 0 Å². The van der Waals surface area contributed by atoms with Gasteiger partial charge < -0.3 is 10.1 Å². The van der Waals surface area contributed by atoms with E-state index in [0.717, 1.165) is 30.2 Å². The summed E-state index contributed by atoms with van der Waals surface area (Å²) in [5, 5.41) is 12.1. The summed E-state index contributed by atoms with van der Waals surface area (Å²) in [6, 6.07) is 12.5. The fraction of sp³-hybridized carbons (Fsp3) is 0.368. The standard InChI is InChI=1S/C19H22N4O/c1-13(18-22-21-17-6-4-5-9-23(17)18)20-12-14-7-8-16-15(10-14)11-19(2,3)24-16/h4-10,13,20H,11-12H2,1-3H3. The van der Waals surface area contributed by atoms with Crippen LogP contribution in [0.5, 0.6) is 5.75 Å². The van der Waals surface area contributed by atoms with Gasteiger partial charge in [0.15, 0.2) is 11.5 Å². The predicted molar refractivity (Wildman–Crippen MR) is 93.1 cm³/mol. The first-order valence-corrected chi connectivity index (χ1v) is 8.36. The second-order valence-electron chi connectivity index (χ2n) is 7.07. The number of ether oxygens (including phenoxy) is 1. The van der Waals surface area contributed by atoms with Crippen LogP contribution >= 0.6 is 0 Å². The molecule has 0 bridgehead atoms. The fourth-order valence-corrected chi connectivity index (χ4v) is 3.29. The van der Waals surface area contributed by atoms with Crippen molar-refractivity contribution in [2.75, 3.05) is 0 Å². The topological polar surface area (TPSA) is 51.5 Å². The van der Waals surface area contributed by atoms with Gasteiger partial charge in [-0.25, -0.2) is 0 Å². The number of rotatable bonds is 4. The molecule has 1 atom stereocenters. The van der Waals surface area contributed by atoms with Crippen molar-refractivity contribution in [3.8, 4) is 5.75 Å². The Bertz CT molecular complexity index is 884. The average Bonchev–Trinajstić information content (AvgIpc) is 3.11. The second kappa shape index (κ2) is 5.60. The third kappa shape index (κ3) is 2.76. The van der Waals surface area contributed by atoms with E-state index in [9.17, 15) is 0 Å². The van der Waals surface area contributed by atoms with Crippen LogP contribution in [-0.2, 0) is 13.0 Å². The molecule has 1 N–H and O–H groups in total. The lowest BCUT2D eigenvalue weighted by molar-refractivity contribution is 0.138. The van der Waals surface area contributed by atoms with Crippen molar-refractivity contribution in [1.82, 2.24) is 19.9 Å². The summed E-state index contributed by atoms with van der Waals surface area (Å²) in [6.45, 7) is 7.16. The Morgan fingerprint density at radius 1 is 1.25 bits per heavy atom. The largest absolute Gasteiger partial charge is 0.487 e. The van der Waals surface area contributed by atoms with Crippen LogP contribution in [0.15, 0.2) is 42.6 Å². The van der Waals surface area contributed by atoms with Crippen LogP contribution < -0.4 is 10.1 Å². The Kier molecular flexibility index (Phi) is 3.53. The predicted octanol–water partition coefficient (Wildman–Crippen LogP) is 3.29. The van der Waals surface area contributed by atoms with E-state index < -0.39 is 0 Å². The zero-order chi connectivity index (χ0) is 16.7. The van der Waals surface area contributed by atoms with Gasteiger partial charge in [0.25, 0.3) is 0 Å². The van der Waals surface area contributed by atoms with Gasteiger partial charge >= 0.3 is 0 Å². The van der Waals surface area contributed by atoms with E-state index >= 15 is 0 Å². The molecule has 0 saturated heterocycles. The smallest absolute Gasteiger partial charge is 0.160 e. The Balaban J connectivity index is 1.48. The molecule has 0 saturated carbocycles. The molecule has 5 nitrogen and oxygen atoms in total. The number of fused-ring (bicyclic) bond motifs is 2. The van der Waals surface area contributed by atoms with E-state index in [0.29, 0.717) is 0 Å². The van der Waals surface area contributed by atoms with Crippen molar-refractivity contribution in [2.24, 2.45) is 0 Å². The highest BCUT2D eigenvalue weighted by atomic mass is 16.5. The lowest BCUT2D eigenvalue weighted by atomic mass is 10.0. The SMILES string of the molecule is CC(NCc1ccc2c(c1)CC(C)(C)O2)c1nnc2ccccn12. The van der Waals surface area contributed by atoms with Gasteiger partial charge in [-0.15, -0.1) is 10.2 Å². The number of hydrogen-bond acceptors (Lipinski definition) is 4. The van der Waals surface area contributed by atoms with Gasteiger partial charge in [0.05, 0.1) is 6.04 Å². The van der Waals surface area contributed by atoms with Gasteiger partial charge in [-0.05, 0) is 50.1 Å². The zero-order valence-electron chi connectivity index (χ0n) is 14.3. The molecule has 5 heteroatoms. The Labute approximate surface area is 141 Å². The van der Waals surface area contributed by atoms with Crippen LogP contribution in [0.4, 0.5) is 0 Å². The molecule has 0 fully saturated rings. The summed E-state index contributed by atoms with van der Waals surface area (Å²) in [5.41, 5.74) is 3.33. The van der Waals surface area contributed by atoms with Crippen molar-refractivity contribution >= 4 is 5.65 Å². The molecule has 124 valence electrons. The maximum atomic E-state index is 5.94. The molecule has 0 spiro atoms. The maximum Gasteiger partial charge on any atom is 0.160 e. The normalized spacial score (nSPS) is 16.8. The van der Waals surface area contributed by atoms with Crippen molar-refractivity contribution < 1.29 is 4.74 Å². The summed E-state index contributed by atoms with van der Waals surface area (Å²) >= 11 is 0. The third-order valence-electron chi connectivity index (χ3n) is 4.47. The van der Waals surface area contributed by atoms with E-state index in [1.54, 1.807) is 0 Å². The molecular weight excluding hydrogens is 300 g/mol. The highest BCUT2D eigenvalue weighted by Crippen LogP contribution is 2.35. The summed E-state index contributed by atoms with van der Waals surface area (Å²) < 4.78 is 7.96. The number of aromatic nitrogens is 3. The van der Waals surface area contributed by atoms with Gasteiger partial charge in [-0.3, -0.25) is 4.40 Å². The minimum atomic E-state index is -0.0951. The molecule has 3 heterocycles. The molecule has 2 aromatic heterocycles. The Morgan fingerprint density at radius 3 is 3.00 bits per heavy atom. The summed E-state index contributed by atoms with van der Waals surface area (Å²) in [7, 11) is 0. The van der Waals surface area contributed by atoms with E-state index in [2.05, 4.69) is 54.5 Å². The zero-order valence-corrected chi connectivity index (χ0v) is 14.3. The van der Waals surface area contributed by atoms with Gasteiger partial charge in [-0.2, -0.15) is 0 Å². The quantitative estimate of drug-likeness (QED) is 0.801. The van der Waals surface area contributed by atoms with E-state index in [-0.39, 0.29) is 11.6 Å². The van der Waals surface area contributed by atoms with Crippen molar-refractivity contribution in [2.45, 2.75) is 45.4 Å². The Hall–Kier alpha value is -2.40. The summed E-state index contributed by atoms with van der Waals surface area (Å²) in [5.74, 6) is 1.94. The van der Waals surface area contributed by atoms with Crippen LogP contribution in [0.25, 0.3) is 5.65 Å². The Morgan fingerprint density at radius 2 is 2.12 bits per heavy atom. The lowest BCUT2D eigenvalue weighted by Crippen LogP contribution is -2.24. The van der Waals surface area contributed by atoms with Gasteiger partial charge in [-0.1, -0.05) is 18.2 Å². The average molecular weight is 322 g/mol. The highest BCUT2D eigenvalue weighted by molar-refractivity contribution is 5.42. The molecule has 1 aliphatic heterocycles. The third-order valence-corrected chi connectivity index (χ3v) is 4.47. The molecule has 1 unspecified atom stereocenters. The molecule has 0 aliphatic carbocycles. The molecule has 4 rings (SSSR count). The molecule has 1 aromatic carbocycles. The minimum absolute atomic E-state index is 0.0951. The van der Waals surface area contributed by atoms with Crippen LogP contribution in [0.1, 0.15) is 43.8 Å². The number of nitrogens with one attached hydrogen (secondary N) is 1. The number of nitrogens with zero attached hydrogens (tertiary/aromatic N) is 3. The molecule has 0 amide bonds. The van der Waals surface area contributed by atoms with Crippen molar-refractivity contribution in [1.29, 1.82) is 0 Å². The van der Waals surface area contributed by atoms with Gasteiger partial charge in [0.2, 0.25) is 0 Å². The summed E-state index contributed by atoms with van der Waals surface area (Å²) in [4.78, 5) is 0. The molecular formula is C19H22N4O. The number of pyridine rings is 1. The first-order chi connectivity index (χ1) is 11.5. The van der Waals surface area contributed by atoms with Crippen molar-refractivity contribution in [3.05, 3.63) is 59.5 Å². The van der Waals surface area contributed by atoms with Gasteiger partial charge in [0, 0.05) is 19.2 Å². The number of benzene rings is 1.